The van der Waals surface area contributed by atoms with Crippen molar-refractivity contribution in [3.05, 3.63) is 18.3 Å². The molecule has 5 heteroatoms. The summed E-state index contributed by atoms with van der Waals surface area (Å²) in [4.78, 5) is 15.8. The zero-order valence-electron chi connectivity index (χ0n) is 8.40. The predicted molar refractivity (Wildman–Crippen MR) is 56.4 cm³/mol. The third kappa shape index (κ3) is 1.70. The highest BCUT2D eigenvalue weighted by molar-refractivity contribution is 5.68. The minimum absolute atomic E-state index is 0.707. The van der Waals surface area contributed by atoms with Gasteiger partial charge in [0.25, 0.3) is 0 Å². The number of aromatic nitrogens is 4. The van der Waals surface area contributed by atoms with E-state index in [0.29, 0.717) is 5.92 Å². The van der Waals surface area contributed by atoms with Crippen molar-refractivity contribution in [3.8, 4) is 0 Å². The summed E-state index contributed by atoms with van der Waals surface area (Å²) in [7, 11) is 0. The number of aromatic amines is 1. The molecule has 1 atom stereocenters. The first-order valence-electron chi connectivity index (χ1n) is 5.27. The topological polar surface area (TPSA) is 66.5 Å². The summed E-state index contributed by atoms with van der Waals surface area (Å²) < 4.78 is 0. The molecule has 2 aromatic rings. The summed E-state index contributed by atoms with van der Waals surface area (Å²) in [5.74, 6) is 1.73. The van der Waals surface area contributed by atoms with Crippen LogP contribution in [0.4, 0.5) is 0 Å². The molecule has 2 aromatic heterocycles. The summed E-state index contributed by atoms with van der Waals surface area (Å²) in [5.41, 5.74) is 1.70. The van der Waals surface area contributed by atoms with Crippen molar-refractivity contribution in [1.82, 2.24) is 25.3 Å². The van der Waals surface area contributed by atoms with Crippen molar-refractivity contribution in [2.45, 2.75) is 12.8 Å². The van der Waals surface area contributed by atoms with E-state index in [1.54, 1.807) is 6.20 Å². The lowest BCUT2D eigenvalue weighted by atomic mass is 10.1. The molecule has 0 radical (unpaired) electrons. The second-order valence-corrected chi connectivity index (χ2v) is 4.01. The van der Waals surface area contributed by atoms with Crippen LogP contribution in [0.2, 0.25) is 0 Å². The van der Waals surface area contributed by atoms with Crippen molar-refractivity contribution in [3.63, 3.8) is 0 Å². The number of hydrogen-bond acceptors (Lipinski definition) is 4. The highest BCUT2D eigenvalue weighted by Crippen LogP contribution is 2.15. The van der Waals surface area contributed by atoms with E-state index in [1.165, 1.54) is 12.7 Å². The first-order chi connectivity index (χ1) is 7.42. The number of hydrogen-bond donors (Lipinski definition) is 2. The van der Waals surface area contributed by atoms with Gasteiger partial charge < -0.3 is 10.3 Å². The van der Waals surface area contributed by atoms with Gasteiger partial charge in [0.1, 0.15) is 17.7 Å². The van der Waals surface area contributed by atoms with Gasteiger partial charge >= 0.3 is 0 Å². The van der Waals surface area contributed by atoms with Gasteiger partial charge in [-0.25, -0.2) is 15.0 Å². The van der Waals surface area contributed by atoms with Crippen LogP contribution in [0, 0.1) is 5.92 Å². The van der Waals surface area contributed by atoms with Gasteiger partial charge in [-0.15, -0.1) is 0 Å². The Bertz CT molecular complexity index is 425. The van der Waals surface area contributed by atoms with Gasteiger partial charge in [0.15, 0.2) is 5.65 Å². The fraction of sp³-hybridized carbons (Fsp3) is 0.500. The van der Waals surface area contributed by atoms with E-state index in [0.717, 1.165) is 36.5 Å². The van der Waals surface area contributed by atoms with Crippen LogP contribution in [0.15, 0.2) is 12.5 Å². The zero-order chi connectivity index (χ0) is 10.1. The fourth-order valence-corrected chi connectivity index (χ4v) is 2.07. The van der Waals surface area contributed by atoms with E-state index >= 15 is 0 Å². The molecule has 0 amide bonds. The molecular weight excluding hydrogens is 190 g/mol. The highest BCUT2D eigenvalue weighted by Gasteiger charge is 2.16. The quantitative estimate of drug-likeness (QED) is 0.746. The van der Waals surface area contributed by atoms with Crippen LogP contribution in [0.25, 0.3) is 11.2 Å². The van der Waals surface area contributed by atoms with Gasteiger partial charge in [-0.2, -0.15) is 0 Å². The SMILES string of the molecule is c1ncc2[nH]c(CC3CCNC3)nc2n1. The molecule has 3 heterocycles. The smallest absolute Gasteiger partial charge is 0.180 e. The Labute approximate surface area is 87.3 Å². The molecule has 1 saturated heterocycles. The lowest BCUT2D eigenvalue weighted by Crippen LogP contribution is -2.11. The lowest BCUT2D eigenvalue weighted by Gasteiger charge is -2.03. The van der Waals surface area contributed by atoms with Gasteiger partial charge in [0.05, 0.1) is 6.20 Å². The normalized spacial score (nSPS) is 21.2. The monoisotopic (exact) mass is 203 g/mol. The maximum Gasteiger partial charge on any atom is 0.180 e. The molecule has 3 rings (SSSR count). The molecule has 1 aliphatic heterocycles. The number of rotatable bonds is 2. The van der Waals surface area contributed by atoms with Crippen molar-refractivity contribution in [1.29, 1.82) is 0 Å². The molecule has 5 nitrogen and oxygen atoms in total. The van der Waals surface area contributed by atoms with Gasteiger partial charge in [0.2, 0.25) is 0 Å². The standard InChI is InChI=1S/C10H13N5/c1-2-11-4-7(1)3-9-14-8-5-12-6-13-10(8)15-9/h5-7,11H,1-4H2,(H,12,13,14,15). The molecule has 0 aromatic carbocycles. The highest BCUT2D eigenvalue weighted by atomic mass is 15.0. The number of fused-ring (bicyclic) bond motifs is 1. The summed E-state index contributed by atoms with van der Waals surface area (Å²) in [6.45, 7) is 2.23. The Morgan fingerprint density at radius 3 is 3.27 bits per heavy atom. The van der Waals surface area contributed by atoms with Crippen LogP contribution in [0.1, 0.15) is 12.2 Å². The van der Waals surface area contributed by atoms with E-state index in [2.05, 4.69) is 25.3 Å². The van der Waals surface area contributed by atoms with E-state index in [9.17, 15) is 0 Å². The van der Waals surface area contributed by atoms with Crippen molar-refractivity contribution in [2.75, 3.05) is 13.1 Å². The van der Waals surface area contributed by atoms with Crippen LogP contribution in [0.3, 0.4) is 0 Å². The van der Waals surface area contributed by atoms with E-state index < -0.39 is 0 Å². The Morgan fingerprint density at radius 1 is 1.47 bits per heavy atom. The molecule has 78 valence electrons. The average Bonchev–Trinajstić information content (AvgIpc) is 2.86. The zero-order valence-corrected chi connectivity index (χ0v) is 8.40. The Balaban J connectivity index is 1.84. The van der Waals surface area contributed by atoms with Crippen molar-refractivity contribution < 1.29 is 0 Å². The van der Waals surface area contributed by atoms with Crippen LogP contribution >= 0.6 is 0 Å². The maximum atomic E-state index is 4.44. The van der Waals surface area contributed by atoms with Gasteiger partial charge in [-0.05, 0) is 25.4 Å². The molecule has 0 aliphatic carbocycles. The second kappa shape index (κ2) is 3.58. The largest absolute Gasteiger partial charge is 0.339 e. The second-order valence-electron chi connectivity index (χ2n) is 4.01. The summed E-state index contributed by atoms with van der Waals surface area (Å²) in [6, 6.07) is 0. The van der Waals surface area contributed by atoms with Crippen LogP contribution < -0.4 is 5.32 Å². The number of H-pyrrole nitrogens is 1. The fourth-order valence-electron chi connectivity index (χ4n) is 2.07. The molecule has 1 aliphatic rings. The number of imidazole rings is 1. The molecule has 0 bridgehead atoms. The molecule has 15 heavy (non-hydrogen) atoms. The third-order valence-corrected chi connectivity index (χ3v) is 2.86. The molecule has 1 fully saturated rings. The lowest BCUT2D eigenvalue weighted by molar-refractivity contribution is 0.565. The molecule has 0 spiro atoms. The van der Waals surface area contributed by atoms with Crippen LogP contribution in [-0.2, 0) is 6.42 Å². The van der Waals surface area contributed by atoms with Gasteiger partial charge in [-0.1, -0.05) is 0 Å². The Hall–Kier alpha value is -1.49. The van der Waals surface area contributed by atoms with E-state index in [1.807, 2.05) is 0 Å². The molecule has 2 N–H and O–H groups in total. The third-order valence-electron chi connectivity index (χ3n) is 2.86. The van der Waals surface area contributed by atoms with Crippen LogP contribution in [-0.4, -0.2) is 33.0 Å². The number of nitrogens with one attached hydrogen (secondary N) is 2. The summed E-state index contributed by atoms with van der Waals surface area (Å²) >= 11 is 0. The first kappa shape index (κ1) is 8.79. The van der Waals surface area contributed by atoms with Gasteiger partial charge in [-0.3, -0.25) is 0 Å². The molecule has 0 saturated carbocycles. The summed E-state index contributed by atoms with van der Waals surface area (Å²) in [5, 5.41) is 3.36. The minimum Gasteiger partial charge on any atom is -0.339 e. The Kier molecular flexibility index (Phi) is 2.10. The van der Waals surface area contributed by atoms with Gasteiger partial charge in [0, 0.05) is 6.42 Å². The van der Waals surface area contributed by atoms with E-state index in [-0.39, 0.29) is 0 Å². The maximum absolute atomic E-state index is 4.44. The Morgan fingerprint density at radius 2 is 2.47 bits per heavy atom. The molecule has 1 unspecified atom stereocenters. The van der Waals surface area contributed by atoms with Crippen molar-refractivity contribution >= 4 is 11.2 Å². The minimum atomic E-state index is 0.707. The molecular formula is C10H13N5. The van der Waals surface area contributed by atoms with Crippen LogP contribution in [0.5, 0.6) is 0 Å². The van der Waals surface area contributed by atoms with E-state index in [4.69, 9.17) is 0 Å². The average molecular weight is 203 g/mol. The number of nitrogens with zero attached hydrogens (tertiary/aromatic N) is 3. The van der Waals surface area contributed by atoms with Crippen molar-refractivity contribution in [2.24, 2.45) is 5.92 Å². The summed E-state index contributed by atoms with van der Waals surface area (Å²) in [6.07, 6.45) is 5.54. The first-order valence-corrected chi connectivity index (χ1v) is 5.27. The predicted octanol–water partition coefficient (Wildman–Crippen LogP) is 0.505.